The maximum atomic E-state index is 12.9. The van der Waals surface area contributed by atoms with Crippen LogP contribution in [-0.2, 0) is 13.2 Å². The smallest absolute Gasteiger partial charge is 0.263 e. The van der Waals surface area contributed by atoms with Crippen LogP contribution in [0.1, 0.15) is 20.8 Å². The third kappa shape index (κ3) is 3.43. The third-order valence-corrected chi connectivity index (χ3v) is 5.95. The van der Waals surface area contributed by atoms with Crippen LogP contribution in [0.2, 0.25) is 0 Å². The van der Waals surface area contributed by atoms with Crippen molar-refractivity contribution >= 4 is 22.9 Å². The molecule has 138 valence electrons. The van der Waals surface area contributed by atoms with Crippen molar-refractivity contribution in [3.63, 3.8) is 0 Å². The SMILES string of the molecule is CN(Cc1ccc(N(C)C)cc1)C(=O)c1cc2c(s1)-c1ccccc1OC2. The van der Waals surface area contributed by atoms with Gasteiger partial charge in [-0.15, -0.1) is 11.3 Å². The highest BCUT2D eigenvalue weighted by atomic mass is 32.1. The Morgan fingerprint density at radius 2 is 1.81 bits per heavy atom. The van der Waals surface area contributed by atoms with Gasteiger partial charge in [-0.2, -0.15) is 0 Å². The number of anilines is 1. The number of fused-ring (bicyclic) bond motifs is 3. The van der Waals surface area contributed by atoms with Crippen LogP contribution in [0.5, 0.6) is 5.75 Å². The minimum absolute atomic E-state index is 0.0450. The molecule has 1 aliphatic heterocycles. The predicted molar refractivity (Wildman–Crippen MR) is 111 cm³/mol. The number of thiophene rings is 1. The molecule has 0 unspecified atom stereocenters. The van der Waals surface area contributed by atoms with Gasteiger partial charge in [0, 0.05) is 49.4 Å². The quantitative estimate of drug-likeness (QED) is 0.663. The lowest BCUT2D eigenvalue weighted by atomic mass is 10.1. The van der Waals surface area contributed by atoms with E-state index < -0.39 is 0 Å². The lowest BCUT2D eigenvalue weighted by Crippen LogP contribution is -2.25. The highest BCUT2D eigenvalue weighted by molar-refractivity contribution is 7.17. The predicted octanol–water partition coefficient (Wildman–Crippen LogP) is 4.65. The van der Waals surface area contributed by atoms with Crippen LogP contribution in [0.25, 0.3) is 10.4 Å². The van der Waals surface area contributed by atoms with Gasteiger partial charge in [0.25, 0.3) is 5.91 Å². The van der Waals surface area contributed by atoms with Gasteiger partial charge in [-0.25, -0.2) is 0 Å². The first-order chi connectivity index (χ1) is 13.0. The fraction of sp³-hybridized carbons (Fsp3) is 0.227. The molecule has 27 heavy (non-hydrogen) atoms. The number of ether oxygens (including phenoxy) is 1. The molecule has 0 N–H and O–H groups in total. The van der Waals surface area contributed by atoms with E-state index in [4.69, 9.17) is 4.74 Å². The van der Waals surface area contributed by atoms with Gasteiger partial charge in [-0.1, -0.05) is 24.3 Å². The summed E-state index contributed by atoms with van der Waals surface area (Å²) in [5, 5.41) is 0. The summed E-state index contributed by atoms with van der Waals surface area (Å²) >= 11 is 1.55. The zero-order chi connectivity index (χ0) is 19.0. The van der Waals surface area contributed by atoms with Gasteiger partial charge < -0.3 is 14.5 Å². The van der Waals surface area contributed by atoms with E-state index in [1.807, 2.05) is 51.5 Å². The number of hydrogen-bond acceptors (Lipinski definition) is 4. The van der Waals surface area contributed by atoms with Crippen molar-refractivity contribution in [2.45, 2.75) is 13.2 Å². The molecule has 1 aromatic heterocycles. The molecule has 4 nitrogen and oxygen atoms in total. The van der Waals surface area contributed by atoms with Crippen LogP contribution in [0, 0.1) is 0 Å². The summed E-state index contributed by atoms with van der Waals surface area (Å²) < 4.78 is 5.81. The second-order valence-corrected chi connectivity index (χ2v) is 8.02. The largest absolute Gasteiger partial charge is 0.488 e. The zero-order valence-corrected chi connectivity index (χ0v) is 16.5. The van der Waals surface area contributed by atoms with Crippen molar-refractivity contribution in [2.75, 3.05) is 26.0 Å². The van der Waals surface area contributed by atoms with E-state index in [0.29, 0.717) is 13.2 Å². The molecular weight excluding hydrogens is 356 g/mol. The first kappa shape index (κ1) is 17.6. The Bertz CT molecular complexity index is 976. The van der Waals surface area contributed by atoms with Crippen molar-refractivity contribution in [3.05, 3.63) is 70.6 Å². The molecule has 1 amide bonds. The maximum absolute atomic E-state index is 12.9. The first-order valence-electron chi connectivity index (χ1n) is 8.89. The Labute approximate surface area is 163 Å². The summed E-state index contributed by atoms with van der Waals surface area (Å²) in [5.41, 5.74) is 4.43. The van der Waals surface area contributed by atoms with Gasteiger partial charge in [0.1, 0.15) is 12.4 Å². The first-order valence-corrected chi connectivity index (χ1v) is 9.71. The van der Waals surface area contributed by atoms with Crippen molar-refractivity contribution < 1.29 is 9.53 Å². The Kier molecular flexibility index (Phi) is 4.62. The average molecular weight is 378 g/mol. The highest BCUT2D eigenvalue weighted by Crippen LogP contribution is 2.42. The molecule has 5 heteroatoms. The molecule has 0 saturated carbocycles. The number of carbonyl (C=O) groups excluding carboxylic acids is 1. The van der Waals surface area contributed by atoms with E-state index in [1.165, 1.54) is 0 Å². The molecule has 0 aliphatic carbocycles. The topological polar surface area (TPSA) is 32.8 Å². The van der Waals surface area contributed by atoms with E-state index in [9.17, 15) is 4.79 Å². The summed E-state index contributed by atoms with van der Waals surface area (Å²) in [6.07, 6.45) is 0. The highest BCUT2D eigenvalue weighted by Gasteiger charge is 2.23. The van der Waals surface area contributed by atoms with E-state index in [2.05, 4.69) is 29.2 Å². The normalized spacial score (nSPS) is 12.0. The number of para-hydroxylation sites is 1. The third-order valence-electron chi connectivity index (χ3n) is 4.75. The molecule has 2 heterocycles. The van der Waals surface area contributed by atoms with Gasteiger partial charge in [0.05, 0.1) is 4.88 Å². The standard InChI is InChI=1S/C22H22N2O2S/c1-23(2)17-10-8-15(9-11-17)13-24(3)22(25)20-12-16-14-26-19-7-5-4-6-18(19)21(16)27-20/h4-12H,13-14H2,1-3H3. The molecule has 0 saturated heterocycles. The fourth-order valence-corrected chi connectivity index (χ4v) is 4.43. The minimum atomic E-state index is 0.0450. The Hall–Kier alpha value is -2.79. The summed E-state index contributed by atoms with van der Waals surface area (Å²) in [6.45, 7) is 1.11. The molecule has 0 atom stereocenters. The Morgan fingerprint density at radius 3 is 2.56 bits per heavy atom. The van der Waals surface area contributed by atoms with Crippen molar-refractivity contribution in [1.82, 2.24) is 4.90 Å². The Morgan fingerprint density at radius 1 is 1.07 bits per heavy atom. The summed E-state index contributed by atoms with van der Waals surface area (Å²) in [7, 11) is 5.89. The molecule has 4 rings (SSSR count). The molecule has 2 aromatic carbocycles. The second kappa shape index (κ2) is 7.08. The number of carbonyl (C=O) groups is 1. The number of nitrogens with zero attached hydrogens (tertiary/aromatic N) is 2. The summed E-state index contributed by atoms with van der Waals surface area (Å²) in [4.78, 5) is 18.7. The van der Waals surface area contributed by atoms with Crippen LogP contribution in [-0.4, -0.2) is 32.0 Å². The van der Waals surface area contributed by atoms with Gasteiger partial charge >= 0.3 is 0 Å². The monoisotopic (exact) mass is 378 g/mol. The van der Waals surface area contributed by atoms with Crippen LogP contribution in [0.3, 0.4) is 0 Å². The maximum Gasteiger partial charge on any atom is 0.263 e. The van der Waals surface area contributed by atoms with Gasteiger partial charge in [-0.3, -0.25) is 4.79 Å². The number of amides is 1. The number of rotatable bonds is 4. The second-order valence-electron chi connectivity index (χ2n) is 6.97. The van der Waals surface area contributed by atoms with E-state index in [-0.39, 0.29) is 5.91 Å². The van der Waals surface area contributed by atoms with Gasteiger partial charge in [0.15, 0.2) is 0 Å². The van der Waals surface area contributed by atoms with Crippen LogP contribution < -0.4 is 9.64 Å². The van der Waals surface area contributed by atoms with E-state index in [0.717, 1.165) is 37.9 Å². The Balaban J connectivity index is 1.53. The van der Waals surface area contributed by atoms with Crippen molar-refractivity contribution in [2.24, 2.45) is 0 Å². The fourth-order valence-electron chi connectivity index (χ4n) is 3.24. The van der Waals surface area contributed by atoms with E-state index in [1.54, 1.807) is 16.2 Å². The number of hydrogen-bond donors (Lipinski definition) is 0. The lowest BCUT2D eigenvalue weighted by molar-refractivity contribution is 0.0790. The zero-order valence-electron chi connectivity index (χ0n) is 15.7. The minimum Gasteiger partial charge on any atom is -0.488 e. The van der Waals surface area contributed by atoms with E-state index >= 15 is 0 Å². The lowest BCUT2D eigenvalue weighted by Gasteiger charge is -2.18. The van der Waals surface area contributed by atoms with Crippen molar-refractivity contribution in [1.29, 1.82) is 0 Å². The molecule has 0 spiro atoms. The van der Waals surface area contributed by atoms with Crippen molar-refractivity contribution in [3.8, 4) is 16.2 Å². The van der Waals surface area contributed by atoms with Gasteiger partial charge in [0.2, 0.25) is 0 Å². The molecule has 0 radical (unpaired) electrons. The van der Waals surface area contributed by atoms with Crippen LogP contribution in [0.15, 0.2) is 54.6 Å². The average Bonchev–Trinajstić information content (AvgIpc) is 3.12. The molecule has 0 bridgehead atoms. The summed E-state index contributed by atoms with van der Waals surface area (Å²) in [6, 6.07) is 18.3. The van der Waals surface area contributed by atoms with Crippen LogP contribution in [0.4, 0.5) is 5.69 Å². The molecular formula is C22H22N2O2S. The molecule has 0 fully saturated rings. The molecule has 1 aliphatic rings. The van der Waals surface area contributed by atoms with Crippen LogP contribution >= 0.6 is 11.3 Å². The summed E-state index contributed by atoms with van der Waals surface area (Å²) in [5.74, 6) is 0.934. The van der Waals surface area contributed by atoms with Gasteiger partial charge in [-0.05, 0) is 35.9 Å². The number of benzene rings is 2. The molecule has 3 aromatic rings.